The van der Waals surface area contributed by atoms with Crippen LogP contribution in [-0.2, 0) is 47.2 Å². The standard InChI is InChI=1S/C25H35N6O5S/c1-28(2)11-12-29-17-21(16-26-29)30(20-9-13-36-14-10-20)37(34,35)31(33)25(32)27-24-22-7-3-5-18(22)15-19-6-4-8-23(19)24/h15-17,20H,3-14H2,1-2H3,(H,27,32)/q-1. The predicted molar refractivity (Wildman–Crippen MR) is 141 cm³/mol. The number of aromatic nitrogens is 2. The molecule has 1 aromatic carbocycles. The number of carbonyl (C=O) groups excluding carboxylic acids is 1. The lowest BCUT2D eigenvalue weighted by Gasteiger charge is -2.39. The second-order valence-corrected chi connectivity index (χ2v) is 11.9. The fourth-order valence-electron chi connectivity index (χ4n) is 5.65. The number of nitrogens with one attached hydrogen (secondary N) is 1. The van der Waals surface area contributed by atoms with Gasteiger partial charge in [0.05, 0.1) is 24.5 Å². The zero-order valence-corrected chi connectivity index (χ0v) is 22.3. The number of aryl methyl sites for hydroxylation is 2. The number of urea groups is 1. The lowest BCUT2D eigenvalue weighted by molar-refractivity contribution is 0.0874. The fourth-order valence-corrected chi connectivity index (χ4v) is 7.01. The van der Waals surface area contributed by atoms with E-state index in [0.29, 0.717) is 44.8 Å². The van der Waals surface area contributed by atoms with Crippen molar-refractivity contribution in [3.05, 3.63) is 45.9 Å². The minimum absolute atomic E-state index is 0.265. The quantitative estimate of drug-likeness (QED) is 0.520. The molecule has 12 heteroatoms. The highest BCUT2D eigenvalue weighted by Gasteiger charge is 2.36. The smallest absolute Gasteiger partial charge is 0.326 e. The van der Waals surface area contributed by atoms with Gasteiger partial charge in [-0.15, -0.1) is 0 Å². The maximum Gasteiger partial charge on any atom is 0.326 e. The number of hydrogen-bond donors (Lipinski definition) is 1. The summed E-state index contributed by atoms with van der Waals surface area (Å²) in [5, 5.41) is 20.3. The molecule has 0 atom stereocenters. The van der Waals surface area contributed by atoms with Crippen LogP contribution in [0, 0.1) is 5.21 Å². The topological polar surface area (TPSA) is 123 Å². The Labute approximate surface area is 218 Å². The van der Waals surface area contributed by atoms with Crippen molar-refractivity contribution in [3.63, 3.8) is 0 Å². The van der Waals surface area contributed by atoms with Gasteiger partial charge in [-0.1, -0.05) is 6.07 Å². The van der Waals surface area contributed by atoms with Crippen molar-refractivity contribution in [3.8, 4) is 0 Å². The summed E-state index contributed by atoms with van der Waals surface area (Å²) in [7, 11) is -0.861. The lowest BCUT2D eigenvalue weighted by Crippen LogP contribution is -2.51. The molecule has 1 aliphatic heterocycles. The fraction of sp³-hybridized carbons (Fsp3) is 0.600. The molecule has 0 unspecified atom stereocenters. The van der Waals surface area contributed by atoms with E-state index >= 15 is 0 Å². The zero-order valence-electron chi connectivity index (χ0n) is 21.5. The molecule has 2 aromatic rings. The highest BCUT2D eigenvalue weighted by atomic mass is 32.2. The summed E-state index contributed by atoms with van der Waals surface area (Å²) >= 11 is 0. The number of hydroxylamine groups is 1. The van der Waals surface area contributed by atoms with Crippen LogP contribution >= 0.6 is 0 Å². The minimum atomic E-state index is -4.74. The molecule has 3 aliphatic rings. The van der Waals surface area contributed by atoms with Crippen LogP contribution in [0.5, 0.6) is 0 Å². The van der Waals surface area contributed by atoms with Crippen molar-refractivity contribution >= 4 is 27.6 Å². The van der Waals surface area contributed by atoms with Crippen molar-refractivity contribution in [1.29, 1.82) is 0 Å². The SMILES string of the molecule is CN(C)CCn1cc(N(C2CCOCC2)S(=O)(=O)N([O-])C(=O)Nc2c3c(cc4c2CCC4)CCC3)cn1. The molecule has 0 saturated carbocycles. The summed E-state index contributed by atoms with van der Waals surface area (Å²) in [6.45, 7) is 2.02. The Bertz CT molecular complexity index is 1220. The first kappa shape index (κ1) is 26.0. The Balaban J connectivity index is 1.42. The molecule has 5 rings (SSSR count). The second-order valence-electron chi connectivity index (χ2n) is 10.3. The maximum absolute atomic E-state index is 13.7. The van der Waals surface area contributed by atoms with Gasteiger partial charge < -0.3 is 20.2 Å². The van der Waals surface area contributed by atoms with Crippen molar-refractivity contribution < 1.29 is 17.9 Å². The Hall–Kier alpha value is -2.67. The minimum Gasteiger partial charge on any atom is -0.740 e. The summed E-state index contributed by atoms with van der Waals surface area (Å²) in [6, 6.07) is 0.513. The number of nitrogens with zero attached hydrogens (tertiary/aromatic N) is 5. The molecule has 2 heterocycles. The van der Waals surface area contributed by atoms with Crippen LogP contribution in [0.4, 0.5) is 16.2 Å². The maximum atomic E-state index is 13.7. The third kappa shape index (κ3) is 5.20. The van der Waals surface area contributed by atoms with Crippen LogP contribution in [0.25, 0.3) is 0 Å². The van der Waals surface area contributed by atoms with Crippen LogP contribution in [0.2, 0.25) is 0 Å². The summed E-state index contributed by atoms with van der Waals surface area (Å²) in [5.41, 5.74) is 5.33. The first-order chi connectivity index (χ1) is 17.8. The third-order valence-corrected chi connectivity index (χ3v) is 9.09. The Kier molecular flexibility index (Phi) is 7.44. The van der Waals surface area contributed by atoms with Crippen molar-refractivity contribution in [2.45, 2.75) is 64.0 Å². The van der Waals surface area contributed by atoms with E-state index in [1.165, 1.54) is 17.3 Å². The highest BCUT2D eigenvalue weighted by Crippen LogP contribution is 2.39. The summed E-state index contributed by atoms with van der Waals surface area (Å²) in [4.78, 5) is 15.2. The van der Waals surface area contributed by atoms with Crippen molar-refractivity contribution in [2.75, 3.05) is 43.5 Å². The van der Waals surface area contributed by atoms with E-state index < -0.39 is 26.8 Å². The summed E-state index contributed by atoms with van der Waals surface area (Å²) < 4.78 is 35.1. The molecule has 0 radical (unpaired) electrons. The molecule has 37 heavy (non-hydrogen) atoms. The van der Waals surface area contributed by atoms with E-state index in [4.69, 9.17) is 4.74 Å². The number of amides is 2. The number of hydrogen-bond acceptors (Lipinski definition) is 7. The van der Waals surface area contributed by atoms with E-state index in [9.17, 15) is 18.4 Å². The molecule has 0 spiro atoms. The molecular formula is C25H35N6O5S-. The lowest BCUT2D eigenvalue weighted by atomic mass is 9.99. The van der Waals surface area contributed by atoms with Crippen LogP contribution < -0.4 is 9.62 Å². The molecule has 0 bridgehead atoms. The van der Waals surface area contributed by atoms with Gasteiger partial charge in [0, 0.05) is 31.6 Å². The average molecular weight is 532 g/mol. The molecule has 1 saturated heterocycles. The number of likely N-dealkylation sites (N-methyl/N-ethyl adjacent to an activating group) is 1. The predicted octanol–water partition coefficient (Wildman–Crippen LogP) is 2.68. The summed E-state index contributed by atoms with van der Waals surface area (Å²) in [6.07, 6.45) is 9.32. The van der Waals surface area contributed by atoms with Gasteiger partial charge in [0.15, 0.2) is 0 Å². The molecule has 1 fully saturated rings. The number of carbonyl (C=O) groups is 1. The van der Waals surface area contributed by atoms with Crippen LogP contribution in [0.15, 0.2) is 18.5 Å². The van der Waals surface area contributed by atoms with Gasteiger partial charge in [-0.05, 0) is 87.7 Å². The number of ether oxygens (including phenoxy) is 1. The van der Waals surface area contributed by atoms with E-state index in [-0.39, 0.29) is 5.69 Å². The van der Waals surface area contributed by atoms with E-state index in [2.05, 4.69) is 16.5 Å². The van der Waals surface area contributed by atoms with Gasteiger partial charge in [-0.3, -0.25) is 9.15 Å². The Morgan fingerprint density at radius 1 is 1.14 bits per heavy atom. The molecule has 1 N–H and O–H groups in total. The molecule has 1 aromatic heterocycles. The molecular weight excluding hydrogens is 496 g/mol. The largest absolute Gasteiger partial charge is 0.740 e. The highest BCUT2D eigenvalue weighted by molar-refractivity contribution is 7.91. The monoisotopic (exact) mass is 531 g/mol. The second kappa shape index (κ2) is 10.6. The van der Waals surface area contributed by atoms with Crippen molar-refractivity contribution in [2.24, 2.45) is 0 Å². The van der Waals surface area contributed by atoms with Gasteiger partial charge in [0.2, 0.25) is 0 Å². The van der Waals surface area contributed by atoms with Crippen LogP contribution in [0.1, 0.15) is 47.9 Å². The van der Waals surface area contributed by atoms with Crippen molar-refractivity contribution in [1.82, 2.24) is 19.1 Å². The third-order valence-electron chi connectivity index (χ3n) is 7.50. The van der Waals surface area contributed by atoms with Gasteiger partial charge >= 0.3 is 16.2 Å². The van der Waals surface area contributed by atoms with Gasteiger partial charge in [-0.2, -0.15) is 13.5 Å². The average Bonchev–Trinajstić information content (AvgIpc) is 3.64. The molecule has 2 amide bonds. The van der Waals surface area contributed by atoms with E-state index in [0.717, 1.165) is 54.0 Å². The van der Waals surface area contributed by atoms with Crippen LogP contribution in [0.3, 0.4) is 0 Å². The van der Waals surface area contributed by atoms with E-state index in [1.54, 1.807) is 10.9 Å². The molecule has 11 nitrogen and oxygen atoms in total. The normalized spacial score (nSPS) is 17.6. The summed E-state index contributed by atoms with van der Waals surface area (Å²) in [5.74, 6) is 0. The zero-order chi connectivity index (χ0) is 26.2. The number of fused-ring (bicyclic) bond motifs is 2. The number of benzene rings is 1. The first-order valence-corrected chi connectivity index (χ1v) is 14.4. The number of anilines is 2. The van der Waals surface area contributed by atoms with Gasteiger partial charge in [0.1, 0.15) is 0 Å². The Morgan fingerprint density at radius 3 is 2.41 bits per heavy atom. The number of rotatable bonds is 8. The molecule has 2 aliphatic carbocycles. The van der Waals surface area contributed by atoms with E-state index in [1.807, 2.05) is 19.0 Å². The van der Waals surface area contributed by atoms with Gasteiger partial charge in [-0.25, -0.2) is 9.10 Å². The first-order valence-electron chi connectivity index (χ1n) is 13.0. The van der Waals surface area contributed by atoms with Gasteiger partial charge in [0.25, 0.3) is 0 Å². The van der Waals surface area contributed by atoms with Crippen LogP contribution in [-0.4, -0.2) is 73.5 Å². The Morgan fingerprint density at radius 2 is 1.78 bits per heavy atom. The molecule has 202 valence electrons.